The molecule has 0 N–H and O–H groups in total. The van der Waals surface area contributed by atoms with Gasteiger partial charge >= 0.3 is 17.9 Å². The maximum atomic E-state index is 13.9. The van der Waals surface area contributed by atoms with E-state index in [1.807, 2.05) is 52.0 Å². The molecule has 1 aliphatic heterocycles. The van der Waals surface area contributed by atoms with Crippen molar-refractivity contribution in [1.82, 2.24) is 4.90 Å². The predicted molar refractivity (Wildman–Crippen MR) is 160 cm³/mol. The number of rotatable bonds is 12. The summed E-state index contributed by atoms with van der Waals surface area (Å²) < 4.78 is 15.9. The molecule has 1 amide bonds. The fourth-order valence-electron chi connectivity index (χ4n) is 5.50. The van der Waals surface area contributed by atoms with E-state index in [4.69, 9.17) is 14.2 Å². The summed E-state index contributed by atoms with van der Waals surface area (Å²) >= 11 is 0. The number of nitrogens with zero attached hydrogens (tertiary/aromatic N) is 2. The molecule has 0 aliphatic carbocycles. The third-order valence-electron chi connectivity index (χ3n) is 7.88. The van der Waals surface area contributed by atoms with E-state index in [-0.39, 0.29) is 43.0 Å². The Morgan fingerprint density at radius 3 is 1.90 bits per heavy atom. The van der Waals surface area contributed by atoms with Crippen molar-refractivity contribution in [1.29, 1.82) is 0 Å². The molecule has 0 atom stereocenters. The second-order valence-corrected chi connectivity index (χ2v) is 11.3. The summed E-state index contributed by atoms with van der Waals surface area (Å²) in [6, 6.07) is 14.9. The van der Waals surface area contributed by atoms with Gasteiger partial charge in [0.15, 0.2) is 0 Å². The molecule has 9 nitrogen and oxygen atoms in total. The summed E-state index contributed by atoms with van der Waals surface area (Å²) in [5.41, 5.74) is 1.18. The topological polar surface area (TPSA) is 102 Å². The van der Waals surface area contributed by atoms with Crippen molar-refractivity contribution < 1.29 is 33.4 Å². The lowest BCUT2D eigenvalue weighted by molar-refractivity contribution is -0.151. The Bertz CT molecular complexity index is 1210. The van der Waals surface area contributed by atoms with Crippen molar-refractivity contribution in [2.45, 2.75) is 77.2 Å². The molecule has 1 heterocycles. The Morgan fingerprint density at radius 2 is 1.38 bits per heavy atom. The molecule has 0 spiro atoms. The van der Waals surface area contributed by atoms with Crippen LogP contribution in [0.2, 0.25) is 0 Å². The van der Waals surface area contributed by atoms with Crippen LogP contribution in [0.15, 0.2) is 48.5 Å². The van der Waals surface area contributed by atoms with Gasteiger partial charge in [0.1, 0.15) is 11.3 Å². The van der Waals surface area contributed by atoms with E-state index >= 15 is 0 Å². The Morgan fingerprint density at radius 1 is 0.786 bits per heavy atom. The number of para-hydroxylation sites is 2. The number of ether oxygens (including phenoxy) is 3. The van der Waals surface area contributed by atoms with Crippen LogP contribution >= 0.6 is 0 Å². The van der Waals surface area contributed by atoms with Crippen LogP contribution in [-0.4, -0.2) is 68.1 Å². The highest BCUT2D eigenvalue weighted by Gasteiger charge is 2.50. The fourth-order valence-corrected chi connectivity index (χ4v) is 5.50. The van der Waals surface area contributed by atoms with E-state index < -0.39 is 17.5 Å². The second kappa shape index (κ2) is 15.0. The maximum Gasteiger partial charge on any atom is 0.332 e. The van der Waals surface area contributed by atoms with Gasteiger partial charge in [-0.2, -0.15) is 0 Å². The van der Waals surface area contributed by atoms with Crippen LogP contribution < -0.4 is 9.64 Å². The molecule has 9 heteroatoms. The highest BCUT2D eigenvalue weighted by molar-refractivity contribution is 6.03. The lowest BCUT2D eigenvalue weighted by Gasteiger charge is -2.46. The zero-order valence-electron chi connectivity index (χ0n) is 25.7. The number of piperidine rings is 1. The van der Waals surface area contributed by atoms with Crippen molar-refractivity contribution in [3.63, 3.8) is 0 Å². The number of carbonyl (C=O) groups is 4. The maximum absolute atomic E-state index is 13.9. The van der Waals surface area contributed by atoms with Gasteiger partial charge in [-0.05, 0) is 47.9 Å². The minimum atomic E-state index is -1.26. The van der Waals surface area contributed by atoms with Gasteiger partial charge in [0.25, 0.3) is 0 Å². The van der Waals surface area contributed by atoms with Crippen molar-refractivity contribution in [3.05, 3.63) is 59.7 Å². The summed E-state index contributed by atoms with van der Waals surface area (Å²) in [7, 11) is 2.67. The van der Waals surface area contributed by atoms with E-state index in [1.54, 1.807) is 24.3 Å². The highest BCUT2D eigenvalue weighted by atomic mass is 16.5. The standard InChI is InChI=1S/C33H44N2O7/c1-23(2)26-13-10-14-27(24(3)4)31(26)42-30(38)16-15-28(36)35(25-11-8-7-9-12-25)33(32(39)41-6)18-21-34(22-19-33)20-17-29(37)40-5/h7-14,23-24H,15-22H2,1-6H3. The zero-order chi connectivity index (χ0) is 30.9. The van der Waals surface area contributed by atoms with Gasteiger partial charge in [-0.3, -0.25) is 19.3 Å². The van der Waals surface area contributed by atoms with E-state index in [9.17, 15) is 19.2 Å². The average Bonchev–Trinajstić information content (AvgIpc) is 2.99. The Kier molecular flexibility index (Phi) is 11.7. The van der Waals surface area contributed by atoms with E-state index in [2.05, 4.69) is 4.90 Å². The van der Waals surface area contributed by atoms with E-state index in [0.717, 1.165) is 11.1 Å². The van der Waals surface area contributed by atoms with E-state index in [1.165, 1.54) is 19.1 Å². The van der Waals surface area contributed by atoms with Crippen LogP contribution in [0.25, 0.3) is 0 Å². The summed E-state index contributed by atoms with van der Waals surface area (Å²) in [5.74, 6) is -0.819. The van der Waals surface area contributed by atoms with Crippen LogP contribution in [0.5, 0.6) is 5.75 Å². The number of hydrogen-bond donors (Lipinski definition) is 0. The number of benzene rings is 2. The first-order valence-corrected chi connectivity index (χ1v) is 14.6. The van der Waals surface area contributed by atoms with Gasteiger partial charge in [-0.25, -0.2) is 4.79 Å². The van der Waals surface area contributed by atoms with Gasteiger partial charge in [0.2, 0.25) is 5.91 Å². The molecule has 2 aromatic rings. The third-order valence-corrected chi connectivity index (χ3v) is 7.88. The number of esters is 3. The molecule has 3 rings (SSSR count). The van der Waals surface area contributed by atoms with E-state index in [0.29, 0.717) is 43.9 Å². The quantitative estimate of drug-likeness (QED) is 0.249. The molecule has 1 aliphatic rings. The molecule has 0 saturated carbocycles. The first kappa shape index (κ1) is 32.8. The van der Waals surface area contributed by atoms with Crippen molar-refractivity contribution in [2.24, 2.45) is 0 Å². The number of carbonyl (C=O) groups excluding carboxylic acids is 4. The second-order valence-electron chi connectivity index (χ2n) is 11.3. The van der Waals surface area contributed by atoms with Crippen molar-refractivity contribution >= 4 is 29.5 Å². The smallest absolute Gasteiger partial charge is 0.332 e. The molecular formula is C33H44N2O7. The Labute approximate surface area is 249 Å². The van der Waals surface area contributed by atoms with Crippen LogP contribution in [0, 0.1) is 0 Å². The average molecular weight is 581 g/mol. The van der Waals surface area contributed by atoms with Gasteiger partial charge in [-0.1, -0.05) is 64.1 Å². The number of amides is 1. The summed E-state index contributed by atoms with van der Waals surface area (Å²) in [6.45, 7) is 9.64. The lowest BCUT2D eigenvalue weighted by atomic mass is 9.84. The molecular weight excluding hydrogens is 536 g/mol. The summed E-state index contributed by atoms with van der Waals surface area (Å²) in [6.07, 6.45) is 0.578. The zero-order valence-corrected chi connectivity index (χ0v) is 25.7. The van der Waals surface area contributed by atoms with Gasteiger partial charge < -0.3 is 19.1 Å². The Balaban J connectivity index is 1.83. The van der Waals surface area contributed by atoms with Crippen LogP contribution in [0.3, 0.4) is 0 Å². The SMILES string of the molecule is COC(=O)CCN1CCC(C(=O)OC)(N(C(=O)CCC(=O)Oc2c(C(C)C)cccc2C(C)C)c2ccccc2)CC1. The molecule has 1 fully saturated rings. The number of hydrogen-bond acceptors (Lipinski definition) is 8. The number of methoxy groups -OCH3 is 2. The highest BCUT2D eigenvalue weighted by Crippen LogP contribution is 2.37. The normalized spacial score (nSPS) is 14.9. The largest absolute Gasteiger partial charge is 0.469 e. The summed E-state index contributed by atoms with van der Waals surface area (Å²) in [5, 5.41) is 0. The molecule has 0 radical (unpaired) electrons. The first-order chi connectivity index (χ1) is 20.0. The molecule has 0 aromatic heterocycles. The number of likely N-dealkylation sites (tertiary alicyclic amines) is 1. The van der Waals surface area contributed by atoms with Gasteiger partial charge in [0.05, 0.1) is 27.1 Å². The van der Waals surface area contributed by atoms with Gasteiger partial charge in [0, 0.05) is 31.7 Å². The number of anilines is 1. The van der Waals surface area contributed by atoms with Crippen LogP contribution in [-0.2, 0) is 28.7 Å². The molecule has 42 heavy (non-hydrogen) atoms. The predicted octanol–water partition coefficient (Wildman–Crippen LogP) is 5.22. The first-order valence-electron chi connectivity index (χ1n) is 14.6. The monoisotopic (exact) mass is 580 g/mol. The fraction of sp³-hybridized carbons (Fsp3) is 0.515. The third kappa shape index (κ3) is 7.76. The van der Waals surface area contributed by atoms with Crippen molar-refractivity contribution in [3.8, 4) is 5.75 Å². The summed E-state index contributed by atoms with van der Waals surface area (Å²) in [4.78, 5) is 55.7. The Hall–Kier alpha value is -3.72. The molecule has 0 bridgehead atoms. The minimum Gasteiger partial charge on any atom is -0.469 e. The van der Waals surface area contributed by atoms with Crippen molar-refractivity contribution in [2.75, 3.05) is 38.8 Å². The molecule has 228 valence electrons. The molecule has 2 aromatic carbocycles. The van der Waals surface area contributed by atoms with Crippen LogP contribution in [0.1, 0.15) is 82.8 Å². The minimum absolute atomic E-state index is 0.139. The van der Waals surface area contributed by atoms with Crippen LogP contribution in [0.4, 0.5) is 5.69 Å². The molecule has 0 unspecified atom stereocenters. The molecule has 1 saturated heterocycles. The van der Waals surface area contributed by atoms with Gasteiger partial charge in [-0.15, -0.1) is 0 Å². The lowest BCUT2D eigenvalue weighted by Crippen LogP contribution is -2.62.